The van der Waals surface area contributed by atoms with Crippen LogP contribution in [0.5, 0.6) is 0 Å². The first-order valence-electron chi connectivity index (χ1n) is 9.11. The van der Waals surface area contributed by atoms with E-state index in [2.05, 4.69) is 0 Å². The smallest absolute Gasteiger partial charge is 0.410 e. The van der Waals surface area contributed by atoms with Crippen molar-refractivity contribution in [3.63, 3.8) is 0 Å². The van der Waals surface area contributed by atoms with Crippen molar-refractivity contribution in [2.75, 3.05) is 33.4 Å². The molecule has 0 unspecified atom stereocenters. The van der Waals surface area contributed by atoms with Gasteiger partial charge in [0.1, 0.15) is 5.60 Å². The van der Waals surface area contributed by atoms with Crippen molar-refractivity contribution < 1.29 is 23.7 Å². The standard InChI is InChI=1S/C20H31NO5/c1-20(2,3)26-19(22)21-12-17(23-4)10-11-25-18(13-21)15-24-14-16-8-6-5-7-9-16/h5-9,17-18H,10-15H2,1-4H3/t17-,18+/m1/s1. The van der Waals surface area contributed by atoms with E-state index in [9.17, 15) is 4.79 Å². The van der Waals surface area contributed by atoms with Crippen molar-refractivity contribution in [3.8, 4) is 0 Å². The van der Waals surface area contributed by atoms with Gasteiger partial charge in [-0.25, -0.2) is 4.79 Å². The Morgan fingerprint density at radius 2 is 1.96 bits per heavy atom. The van der Waals surface area contributed by atoms with E-state index < -0.39 is 5.60 Å². The van der Waals surface area contributed by atoms with Crippen molar-refractivity contribution in [2.24, 2.45) is 0 Å². The minimum atomic E-state index is -0.540. The molecule has 1 aromatic rings. The lowest BCUT2D eigenvalue weighted by atomic mass is 10.2. The number of hydrogen-bond acceptors (Lipinski definition) is 5. The van der Waals surface area contributed by atoms with E-state index in [0.717, 1.165) is 12.0 Å². The van der Waals surface area contributed by atoms with E-state index in [1.165, 1.54) is 0 Å². The molecule has 0 radical (unpaired) electrons. The monoisotopic (exact) mass is 365 g/mol. The maximum Gasteiger partial charge on any atom is 0.410 e. The molecule has 2 rings (SSSR count). The van der Waals surface area contributed by atoms with Gasteiger partial charge in [0.2, 0.25) is 0 Å². The highest BCUT2D eigenvalue weighted by atomic mass is 16.6. The Hall–Kier alpha value is -1.63. The Bertz CT molecular complexity index is 543. The topological polar surface area (TPSA) is 57.2 Å². The predicted molar refractivity (Wildman–Crippen MR) is 99.1 cm³/mol. The molecule has 1 aliphatic heterocycles. The van der Waals surface area contributed by atoms with E-state index in [4.69, 9.17) is 18.9 Å². The summed E-state index contributed by atoms with van der Waals surface area (Å²) in [6.07, 6.45) is 0.126. The summed E-state index contributed by atoms with van der Waals surface area (Å²) in [6.45, 7) is 8.02. The number of rotatable bonds is 5. The van der Waals surface area contributed by atoms with Crippen LogP contribution in [-0.4, -0.2) is 62.2 Å². The number of carbonyl (C=O) groups excluding carboxylic acids is 1. The van der Waals surface area contributed by atoms with E-state index in [-0.39, 0.29) is 18.3 Å². The molecule has 0 bridgehead atoms. The van der Waals surface area contributed by atoms with Gasteiger partial charge in [0.15, 0.2) is 0 Å². The molecule has 6 nitrogen and oxygen atoms in total. The zero-order valence-corrected chi connectivity index (χ0v) is 16.3. The van der Waals surface area contributed by atoms with Crippen molar-refractivity contribution in [3.05, 3.63) is 35.9 Å². The van der Waals surface area contributed by atoms with Crippen LogP contribution in [0.1, 0.15) is 32.8 Å². The third-order valence-corrected chi connectivity index (χ3v) is 4.04. The normalized spacial score (nSPS) is 21.8. The van der Waals surface area contributed by atoms with Crippen molar-refractivity contribution >= 4 is 6.09 Å². The van der Waals surface area contributed by atoms with E-state index in [0.29, 0.717) is 32.9 Å². The van der Waals surface area contributed by atoms with Crippen LogP contribution in [-0.2, 0) is 25.6 Å². The summed E-state index contributed by atoms with van der Waals surface area (Å²) in [5.74, 6) is 0. The first-order chi connectivity index (χ1) is 12.4. The third kappa shape index (κ3) is 7.32. The summed E-state index contributed by atoms with van der Waals surface area (Å²) < 4.78 is 22.7. The maximum atomic E-state index is 12.5. The van der Waals surface area contributed by atoms with Crippen LogP contribution in [0.25, 0.3) is 0 Å². The fourth-order valence-electron chi connectivity index (χ4n) is 2.73. The largest absolute Gasteiger partial charge is 0.444 e. The van der Waals surface area contributed by atoms with Crippen LogP contribution in [0.15, 0.2) is 30.3 Å². The second-order valence-corrected chi connectivity index (χ2v) is 7.53. The molecule has 26 heavy (non-hydrogen) atoms. The molecule has 1 aromatic carbocycles. The molecule has 0 N–H and O–H groups in total. The maximum absolute atomic E-state index is 12.5. The molecule has 0 spiro atoms. The number of amides is 1. The van der Waals surface area contributed by atoms with E-state index in [1.54, 1.807) is 12.0 Å². The first-order valence-corrected chi connectivity index (χ1v) is 9.11. The van der Waals surface area contributed by atoms with Gasteiger partial charge in [-0.2, -0.15) is 0 Å². The predicted octanol–water partition coefficient (Wildman–Crippen LogP) is 3.24. The number of carbonyl (C=O) groups is 1. The summed E-state index contributed by atoms with van der Waals surface area (Å²) in [5.41, 5.74) is 0.573. The fraction of sp³-hybridized carbons (Fsp3) is 0.650. The average molecular weight is 365 g/mol. The van der Waals surface area contributed by atoms with Gasteiger partial charge in [0, 0.05) is 13.7 Å². The van der Waals surface area contributed by atoms with Crippen molar-refractivity contribution in [2.45, 2.75) is 51.6 Å². The molecule has 1 amide bonds. The minimum absolute atomic E-state index is 0.0614. The van der Waals surface area contributed by atoms with Crippen molar-refractivity contribution in [1.29, 1.82) is 0 Å². The molecule has 0 aliphatic carbocycles. The Morgan fingerprint density at radius 3 is 2.62 bits per heavy atom. The van der Waals surface area contributed by atoms with Crippen LogP contribution in [0.4, 0.5) is 4.79 Å². The zero-order chi connectivity index (χ0) is 19.0. The highest BCUT2D eigenvalue weighted by Gasteiger charge is 2.29. The first kappa shape index (κ1) is 20.7. The lowest BCUT2D eigenvalue weighted by molar-refractivity contribution is -0.0742. The Labute approximate surface area is 156 Å². The van der Waals surface area contributed by atoms with Crippen molar-refractivity contribution in [1.82, 2.24) is 4.90 Å². The summed E-state index contributed by atoms with van der Waals surface area (Å²) in [6, 6.07) is 10.00. The molecule has 1 fully saturated rings. The quantitative estimate of drug-likeness (QED) is 0.802. The summed E-state index contributed by atoms with van der Waals surface area (Å²) in [4.78, 5) is 14.2. The van der Waals surface area contributed by atoms with Gasteiger partial charge >= 0.3 is 6.09 Å². The molecule has 6 heteroatoms. The highest BCUT2D eigenvalue weighted by Crippen LogP contribution is 2.15. The van der Waals surface area contributed by atoms with Crippen LogP contribution >= 0.6 is 0 Å². The molecule has 0 saturated carbocycles. The second-order valence-electron chi connectivity index (χ2n) is 7.53. The molecular formula is C20H31NO5. The van der Waals surface area contributed by atoms with E-state index in [1.807, 2.05) is 51.1 Å². The number of methoxy groups -OCH3 is 1. The van der Waals surface area contributed by atoms with Crippen LogP contribution < -0.4 is 0 Å². The van der Waals surface area contributed by atoms with Gasteiger partial charge in [-0.1, -0.05) is 30.3 Å². The number of ether oxygens (including phenoxy) is 4. The Morgan fingerprint density at radius 1 is 1.23 bits per heavy atom. The van der Waals surface area contributed by atoms with E-state index >= 15 is 0 Å². The van der Waals surface area contributed by atoms with Gasteiger partial charge in [0.25, 0.3) is 0 Å². The van der Waals surface area contributed by atoms with Crippen LogP contribution in [0.3, 0.4) is 0 Å². The number of nitrogens with zero attached hydrogens (tertiary/aromatic N) is 1. The van der Waals surface area contributed by atoms with Gasteiger partial charge in [-0.05, 0) is 32.8 Å². The molecule has 1 aliphatic rings. The lowest BCUT2D eigenvalue weighted by Crippen LogP contribution is -2.48. The van der Waals surface area contributed by atoms with Gasteiger partial charge in [0.05, 0.1) is 38.5 Å². The van der Waals surface area contributed by atoms with Gasteiger partial charge in [-0.15, -0.1) is 0 Å². The molecular weight excluding hydrogens is 334 g/mol. The van der Waals surface area contributed by atoms with Crippen LogP contribution in [0, 0.1) is 0 Å². The highest BCUT2D eigenvalue weighted by molar-refractivity contribution is 5.68. The fourth-order valence-corrected chi connectivity index (χ4v) is 2.73. The summed E-state index contributed by atoms with van der Waals surface area (Å²) in [5, 5.41) is 0. The summed E-state index contributed by atoms with van der Waals surface area (Å²) in [7, 11) is 1.65. The van der Waals surface area contributed by atoms with Gasteiger partial charge < -0.3 is 23.8 Å². The molecule has 1 saturated heterocycles. The SMILES string of the molecule is CO[C@@H]1CCO[C@H](COCc2ccccc2)CN(C(=O)OC(C)(C)C)C1. The molecule has 2 atom stereocenters. The minimum Gasteiger partial charge on any atom is -0.444 e. The summed E-state index contributed by atoms with van der Waals surface area (Å²) >= 11 is 0. The number of hydrogen-bond donors (Lipinski definition) is 0. The molecule has 1 heterocycles. The molecule has 0 aromatic heterocycles. The molecule has 146 valence electrons. The average Bonchev–Trinajstić information content (AvgIpc) is 2.56. The Kier molecular flexibility index (Phi) is 7.87. The lowest BCUT2D eigenvalue weighted by Gasteiger charge is -2.34. The van der Waals surface area contributed by atoms with Crippen LogP contribution in [0.2, 0.25) is 0 Å². The third-order valence-electron chi connectivity index (χ3n) is 4.04. The Balaban J connectivity index is 1.92. The van der Waals surface area contributed by atoms with Gasteiger partial charge in [-0.3, -0.25) is 0 Å². The second kappa shape index (κ2) is 9.90. The number of benzene rings is 1. The zero-order valence-electron chi connectivity index (χ0n) is 16.3.